The number of ether oxygens (including phenoxy) is 1. The first-order valence-corrected chi connectivity index (χ1v) is 8.29. The van der Waals surface area contributed by atoms with Gasteiger partial charge in [0.1, 0.15) is 5.75 Å². The summed E-state index contributed by atoms with van der Waals surface area (Å²) in [5.74, 6) is 1.46. The molecule has 1 aromatic carbocycles. The third kappa shape index (κ3) is 2.59. The maximum atomic E-state index is 12.2. The number of fused-ring (bicyclic) bond motifs is 1. The van der Waals surface area contributed by atoms with Crippen LogP contribution in [0.15, 0.2) is 24.3 Å². The first-order valence-electron chi connectivity index (χ1n) is 7.34. The number of aromatic nitrogens is 2. The zero-order chi connectivity index (χ0) is 15.7. The Kier molecular flexibility index (Phi) is 4.11. The zero-order valence-electron chi connectivity index (χ0n) is 12.8. The van der Waals surface area contributed by atoms with Crippen LogP contribution in [0.2, 0.25) is 0 Å². The van der Waals surface area contributed by atoms with Crippen LogP contribution in [0.3, 0.4) is 0 Å². The van der Waals surface area contributed by atoms with Gasteiger partial charge in [0.25, 0.3) is 0 Å². The number of carbonyl (C=O) groups is 1. The van der Waals surface area contributed by atoms with E-state index < -0.39 is 0 Å². The van der Waals surface area contributed by atoms with Crippen molar-refractivity contribution in [3.05, 3.63) is 41.1 Å². The third-order valence-corrected chi connectivity index (χ3v) is 5.09. The molecule has 2 heterocycles. The number of carbonyl (C=O) groups excluding carboxylic acids is 1. The van der Waals surface area contributed by atoms with Crippen LogP contribution in [0, 0.1) is 6.92 Å². The highest BCUT2D eigenvalue weighted by Gasteiger charge is 2.33. The van der Waals surface area contributed by atoms with E-state index in [9.17, 15) is 4.79 Å². The summed E-state index contributed by atoms with van der Waals surface area (Å²) in [4.78, 5) is 12.2. The lowest BCUT2D eigenvalue weighted by Crippen LogP contribution is -2.21. The lowest BCUT2D eigenvalue weighted by molar-refractivity contribution is -0.115. The van der Waals surface area contributed by atoms with Crippen LogP contribution in [0.25, 0.3) is 0 Å². The number of aromatic amines is 1. The second-order valence-electron chi connectivity index (χ2n) is 5.23. The molecule has 0 aliphatic carbocycles. The zero-order valence-corrected chi connectivity index (χ0v) is 13.7. The van der Waals surface area contributed by atoms with Crippen molar-refractivity contribution in [1.82, 2.24) is 10.2 Å². The molecule has 6 heteroatoms. The molecule has 116 valence electrons. The minimum Gasteiger partial charge on any atom is -0.494 e. The lowest BCUT2D eigenvalue weighted by Gasteiger charge is -2.20. The topological polar surface area (TPSA) is 67.0 Å². The van der Waals surface area contributed by atoms with Gasteiger partial charge in [-0.25, -0.2) is 0 Å². The first-order chi connectivity index (χ1) is 10.6. The van der Waals surface area contributed by atoms with Crippen molar-refractivity contribution in [2.45, 2.75) is 31.3 Å². The van der Waals surface area contributed by atoms with Gasteiger partial charge in [-0.3, -0.25) is 9.89 Å². The fourth-order valence-electron chi connectivity index (χ4n) is 2.62. The molecule has 3 rings (SSSR count). The van der Waals surface area contributed by atoms with Crippen LogP contribution in [-0.2, 0) is 4.79 Å². The van der Waals surface area contributed by atoms with Crippen LogP contribution in [0.4, 0.5) is 5.82 Å². The molecule has 1 aromatic heterocycles. The van der Waals surface area contributed by atoms with E-state index in [1.165, 1.54) is 0 Å². The Labute approximate surface area is 133 Å². The molecule has 2 N–H and O–H groups in total. The van der Waals surface area contributed by atoms with Gasteiger partial charge in [0.05, 0.1) is 17.1 Å². The van der Waals surface area contributed by atoms with Gasteiger partial charge in [0.15, 0.2) is 5.82 Å². The summed E-state index contributed by atoms with van der Waals surface area (Å²) in [5, 5.41) is 9.96. The van der Waals surface area contributed by atoms with Crippen LogP contribution in [0.5, 0.6) is 5.75 Å². The number of benzene rings is 1. The van der Waals surface area contributed by atoms with Gasteiger partial charge < -0.3 is 10.1 Å². The highest BCUT2D eigenvalue weighted by Crippen LogP contribution is 2.47. The number of aryl methyl sites for hydroxylation is 1. The molecular weight excluding hydrogens is 298 g/mol. The van der Waals surface area contributed by atoms with Gasteiger partial charge in [-0.1, -0.05) is 18.2 Å². The van der Waals surface area contributed by atoms with Gasteiger partial charge in [0, 0.05) is 16.8 Å². The lowest BCUT2D eigenvalue weighted by atomic mass is 10.0. The second-order valence-corrected chi connectivity index (χ2v) is 6.68. The quantitative estimate of drug-likeness (QED) is 0.911. The Morgan fingerprint density at radius 2 is 2.14 bits per heavy atom. The number of thioether (sulfide) groups is 1. The normalized spacial score (nSPS) is 21.0. The molecule has 0 radical (unpaired) electrons. The van der Waals surface area contributed by atoms with Crippen LogP contribution >= 0.6 is 11.8 Å². The molecule has 22 heavy (non-hydrogen) atoms. The molecule has 1 aliphatic rings. The summed E-state index contributed by atoms with van der Waals surface area (Å²) >= 11 is 1.62. The van der Waals surface area contributed by atoms with E-state index in [-0.39, 0.29) is 16.4 Å². The molecule has 2 atom stereocenters. The van der Waals surface area contributed by atoms with Crippen molar-refractivity contribution < 1.29 is 9.53 Å². The molecule has 0 saturated heterocycles. The van der Waals surface area contributed by atoms with Crippen LogP contribution in [-0.4, -0.2) is 28.0 Å². The number of para-hydroxylation sites is 1. The van der Waals surface area contributed by atoms with Crippen molar-refractivity contribution in [2.75, 3.05) is 11.9 Å². The van der Waals surface area contributed by atoms with Crippen molar-refractivity contribution in [3.63, 3.8) is 0 Å². The van der Waals surface area contributed by atoms with E-state index in [2.05, 4.69) is 21.6 Å². The Balaban J connectivity index is 2.12. The molecule has 0 saturated carbocycles. The van der Waals surface area contributed by atoms with E-state index in [4.69, 9.17) is 4.74 Å². The Morgan fingerprint density at radius 1 is 1.36 bits per heavy atom. The first kappa shape index (κ1) is 15.0. The number of H-pyrrole nitrogens is 1. The molecule has 0 bridgehead atoms. The molecular formula is C16H19N3O2S. The maximum Gasteiger partial charge on any atom is 0.238 e. The standard InChI is InChI=1S/C16H19N3O2S/c1-4-21-12-8-6-5-7-11(12)14-13-9(2)18-19-15(13)17-16(20)10(3)22-14/h5-8,10,14H,4H2,1-3H3,(H2,17,18,19,20)/t10-,14+/m0/s1. The van der Waals surface area contributed by atoms with E-state index in [0.29, 0.717) is 12.4 Å². The summed E-state index contributed by atoms with van der Waals surface area (Å²) in [7, 11) is 0. The fourth-order valence-corrected chi connectivity index (χ4v) is 3.98. The maximum absolute atomic E-state index is 12.2. The van der Waals surface area contributed by atoms with Crippen LogP contribution in [0.1, 0.15) is 35.9 Å². The molecule has 0 fully saturated rings. The summed E-state index contributed by atoms with van der Waals surface area (Å²) in [6.45, 7) is 6.48. The van der Waals surface area contributed by atoms with E-state index in [0.717, 1.165) is 22.6 Å². The predicted octanol–water partition coefficient (Wildman–Crippen LogP) is 3.28. The van der Waals surface area contributed by atoms with Gasteiger partial charge in [-0.2, -0.15) is 5.10 Å². The summed E-state index contributed by atoms with van der Waals surface area (Å²) in [6, 6.07) is 7.99. The Morgan fingerprint density at radius 3 is 2.91 bits per heavy atom. The largest absolute Gasteiger partial charge is 0.494 e. The molecule has 0 spiro atoms. The summed E-state index contributed by atoms with van der Waals surface area (Å²) < 4.78 is 5.78. The summed E-state index contributed by atoms with van der Waals surface area (Å²) in [6.07, 6.45) is 0. The Hall–Kier alpha value is -1.95. The number of hydrogen-bond acceptors (Lipinski definition) is 4. The number of nitrogens with one attached hydrogen (secondary N) is 2. The second kappa shape index (κ2) is 6.04. The molecule has 5 nitrogen and oxygen atoms in total. The number of hydrogen-bond donors (Lipinski definition) is 2. The van der Waals surface area contributed by atoms with Gasteiger partial charge in [-0.05, 0) is 26.8 Å². The van der Waals surface area contributed by atoms with Crippen molar-refractivity contribution in [2.24, 2.45) is 0 Å². The molecule has 2 aromatic rings. The van der Waals surface area contributed by atoms with Gasteiger partial charge in [-0.15, -0.1) is 11.8 Å². The van der Waals surface area contributed by atoms with E-state index in [1.54, 1.807) is 11.8 Å². The van der Waals surface area contributed by atoms with E-state index in [1.807, 2.05) is 39.0 Å². The number of amides is 1. The highest BCUT2D eigenvalue weighted by molar-refractivity contribution is 8.01. The van der Waals surface area contributed by atoms with Gasteiger partial charge >= 0.3 is 0 Å². The van der Waals surface area contributed by atoms with Crippen molar-refractivity contribution >= 4 is 23.5 Å². The van der Waals surface area contributed by atoms with E-state index >= 15 is 0 Å². The van der Waals surface area contributed by atoms with Gasteiger partial charge in [0.2, 0.25) is 5.91 Å². The number of nitrogens with zero attached hydrogens (tertiary/aromatic N) is 1. The monoisotopic (exact) mass is 317 g/mol. The average molecular weight is 317 g/mol. The minimum absolute atomic E-state index is 0.00505. The van der Waals surface area contributed by atoms with Crippen molar-refractivity contribution in [3.8, 4) is 5.75 Å². The highest BCUT2D eigenvalue weighted by atomic mass is 32.2. The Bertz CT molecular complexity index is 698. The molecule has 1 amide bonds. The number of rotatable bonds is 3. The third-order valence-electron chi connectivity index (χ3n) is 3.71. The fraction of sp³-hybridized carbons (Fsp3) is 0.375. The SMILES string of the molecule is CCOc1ccccc1[C@H]1S[C@@H](C)C(=O)Nc2n[nH]c(C)c21. The molecule has 1 aliphatic heterocycles. The minimum atomic E-state index is -0.159. The van der Waals surface area contributed by atoms with Crippen molar-refractivity contribution in [1.29, 1.82) is 0 Å². The number of anilines is 1. The van der Waals surface area contributed by atoms with Crippen LogP contribution < -0.4 is 10.1 Å². The molecule has 0 unspecified atom stereocenters. The predicted molar refractivity (Wildman–Crippen MR) is 88.5 cm³/mol. The summed E-state index contributed by atoms with van der Waals surface area (Å²) in [5.41, 5.74) is 3.06. The smallest absolute Gasteiger partial charge is 0.238 e. The average Bonchev–Trinajstić information content (AvgIpc) is 2.80.